The van der Waals surface area contributed by atoms with Crippen LogP contribution < -0.4 is 5.32 Å². The van der Waals surface area contributed by atoms with Crippen molar-refractivity contribution in [2.24, 2.45) is 0 Å². The molecule has 2 aromatic rings. The fourth-order valence-electron chi connectivity index (χ4n) is 1.44. The average Bonchev–Trinajstić information content (AvgIpc) is 2.30. The topological polar surface area (TPSA) is 32.3 Å². The van der Waals surface area contributed by atoms with Gasteiger partial charge in [0.1, 0.15) is 5.75 Å². The fourth-order valence-corrected chi connectivity index (χ4v) is 2.27. The molecule has 0 radical (unpaired) electrons. The third-order valence-corrected chi connectivity index (χ3v) is 3.24. The summed E-state index contributed by atoms with van der Waals surface area (Å²) in [4.78, 5) is 0. The van der Waals surface area contributed by atoms with E-state index in [4.69, 9.17) is 11.6 Å². The van der Waals surface area contributed by atoms with E-state index in [-0.39, 0.29) is 5.75 Å². The van der Waals surface area contributed by atoms with Gasteiger partial charge in [-0.2, -0.15) is 0 Å². The first-order valence-corrected chi connectivity index (χ1v) is 6.29. The lowest BCUT2D eigenvalue weighted by Crippen LogP contribution is -1.99. The summed E-state index contributed by atoms with van der Waals surface area (Å²) in [5, 5.41) is 13.2. The van der Waals surface area contributed by atoms with Crippen molar-refractivity contribution in [2.45, 2.75) is 6.54 Å². The molecule has 0 unspecified atom stereocenters. The molecular weight excluding hydrogens is 302 g/mol. The normalized spacial score (nSPS) is 10.2. The predicted molar refractivity (Wildman–Crippen MR) is 74.6 cm³/mol. The van der Waals surface area contributed by atoms with Crippen molar-refractivity contribution in [3.8, 4) is 5.75 Å². The molecule has 0 amide bonds. The van der Waals surface area contributed by atoms with Crippen LogP contribution >= 0.6 is 27.5 Å². The third-order valence-electron chi connectivity index (χ3n) is 2.35. The van der Waals surface area contributed by atoms with E-state index in [1.807, 2.05) is 30.3 Å². The van der Waals surface area contributed by atoms with E-state index in [1.165, 1.54) is 0 Å². The standard InChI is InChI=1S/C13H11BrClNO/c14-12-7-10(15)3-6-13(12)16-8-9-1-4-11(17)5-2-9/h1-7,16-17H,8H2. The van der Waals surface area contributed by atoms with E-state index in [0.717, 1.165) is 15.7 Å². The van der Waals surface area contributed by atoms with E-state index in [1.54, 1.807) is 12.1 Å². The summed E-state index contributed by atoms with van der Waals surface area (Å²) in [7, 11) is 0. The van der Waals surface area contributed by atoms with Gasteiger partial charge in [-0.05, 0) is 51.8 Å². The molecule has 0 aliphatic rings. The van der Waals surface area contributed by atoms with E-state index in [2.05, 4.69) is 21.2 Å². The van der Waals surface area contributed by atoms with Crippen LogP contribution in [0.25, 0.3) is 0 Å². The van der Waals surface area contributed by atoms with Crippen LogP contribution in [0.1, 0.15) is 5.56 Å². The number of rotatable bonds is 3. The van der Waals surface area contributed by atoms with E-state index >= 15 is 0 Å². The van der Waals surface area contributed by atoms with Crippen LogP contribution in [-0.2, 0) is 6.54 Å². The number of nitrogens with one attached hydrogen (secondary N) is 1. The largest absolute Gasteiger partial charge is 0.508 e. The second-order valence-electron chi connectivity index (χ2n) is 3.64. The summed E-state index contributed by atoms with van der Waals surface area (Å²) in [5.41, 5.74) is 2.09. The summed E-state index contributed by atoms with van der Waals surface area (Å²) < 4.78 is 0.934. The number of halogens is 2. The number of benzene rings is 2. The van der Waals surface area contributed by atoms with Crippen LogP contribution in [-0.4, -0.2) is 5.11 Å². The second kappa shape index (κ2) is 5.43. The Hall–Kier alpha value is -1.19. The quantitative estimate of drug-likeness (QED) is 0.879. The first kappa shape index (κ1) is 12.3. The summed E-state index contributed by atoms with van der Waals surface area (Å²) in [6, 6.07) is 12.7. The molecule has 88 valence electrons. The minimum Gasteiger partial charge on any atom is -0.508 e. The zero-order chi connectivity index (χ0) is 12.3. The van der Waals surface area contributed by atoms with Crippen molar-refractivity contribution in [3.05, 3.63) is 57.5 Å². The second-order valence-corrected chi connectivity index (χ2v) is 4.93. The van der Waals surface area contributed by atoms with Gasteiger partial charge in [-0.3, -0.25) is 0 Å². The molecule has 0 bridgehead atoms. The summed E-state index contributed by atoms with van der Waals surface area (Å²) in [6.07, 6.45) is 0. The third kappa shape index (κ3) is 3.38. The minimum atomic E-state index is 0.279. The lowest BCUT2D eigenvalue weighted by atomic mass is 10.2. The Morgan fingerprint density at radius 3 is 2.47 bits per heavy atom. The molecule has 0 saturated heterocycles. The predicted octanol–water partition coefficient (Wildman–Crippen LogP) is 4.42. The first-order valence-electron chi connectivity index (χ1n) is 5.12. The van der Waals surface area contributed by atoms with Crippen molar-refractivity contribution in [1.82, 2.24) is 0 Å². The molecule has 0 aliphatic carbocycles. The van der Waals surface area contributed by atoms with Crippen molar-refractivity contribution in [1.29, 1.82) is 0 Å². The number of hydrogen-bond donors (Lipinski definition) is 2. The Labute approximate surface area is 113 Å². The van der Waals surface area contributed by atoms with Crippen LogP contribution in [0, 0.1) is 0 Å². The SMILES string of the molecule is Oc1ccc(CNc2ccc(Cl)cc2Br)cc1. The smallest absolute Gasteiger partial charge is 0.115 e. The molecule has 0 atom stereocenters. The number of hydrogen-bond acceptors (Lipinski definition) is 2. The van der Waals surface area contributed by atoms with Gasteiger partial charge < -0.3 is 10.4 Å². The minimum absolute atomic E-state index is 0.279. The molecule has 2 N–H and O–H groups in total. The number of anilines is 1. The van der Waals surface area contributed by atoms with Gasteiger partial charge >= 0.3 is 0 Å². The Balaban J connectivity index is 2.04. The zero-order valence-corrected chi connectivity index (χ0v) is 11.3. The molecular formula is C13H11BrClNO. The highest BCUT2D eigenvalue weighted by Gasteiger charge is 2.00. The Bertz CT molecular complexity index is 513. The van der Waals surface area contributed by atoms with Gasteiger partial charge in [0.15, 0.2) is 0 Å². The highest BCUT2D eigenvalue weighted by Crippen LogP contribution is 2.26. The lowest BCUT2D eigenvalue weighted by Gasteiger charge is -2.09. The van der Waals surface area contributed by atoms with Crippen molar-refractivity contribution < 1.29 is 5.11 Å². The molecule has 0 aromatic heterocycles. The van der Waals surface area contributed by atoms with Crippen LogP contribution in [0.4, 0.5) is 5.69 Å². The Morgan fingerprint density at radius 1 is 1.12 bits per heavy atom. The lowest BCUT2D eigenvalue weighted by molar-refractivity contribution is 0.475. The number of phenolic OH excluding ortho intramolecular Hbond substituents is 1. The number of aromatic hydroxyl groups is 1. The van der Waals surface area contributed by atoms with Gasteiger partial charge in [0.25, 0.3) is 0 Å². The maximum Gasteiger partial charge on any atom is 0.115 e. The zero-order valence-electron chi connectivity index (χ0n) is 8.95. The highest BCUT2D eigenvalue weighted by atomic mass is 79.9. The molecule has 0 heterocycles. The van der Waals surface area contributed by atoms with E-state index in [9.17, 15) is 5.11 Å². The average molecular weight is 313 g/mol. The summed E-state index contributed by atoms with van der Waals surface area (Å²) in [6.45, 7) is 0.695. The van der Waals surface area contributed by atoms with Crippen LogP contribution in [0.2, 0.25) is 5.02 Å². The van der Waals surface area contributed by atoms with E-state index < -0.39 is 0 Å². The van der Waals surface area contributed by atoms with Crippen molar-refractivity contribution >= 4 is 33.2 Å². The molecule has 0 fully saturated rings. The molecule has 0 spiro atoms. The maximum atomic E-state index is 9.17. The summed E-state index contributed by atoms with van der Waals surface area (Å²) >= 11 is 9.31. The van der Waals surface area contributed by atoms with Gasteiger partial charge in [-0.1, -0.05) is 23.7 Å². The van der Waals surface area contributed by atoms with Gasteiger partial charge in [-0.15, -0.1) is 0 Å². The highest BCUT2D eigenvalue weighted by molar-refractivity contribution is 9.10. The van der Waals surface area contributed by atoms with Gasteiger partial charge in [0, 0.05) is 21.7 Å². The molecule has 0 aliphatic heterocycles. The van der Waals surface area contributed by atoms with Crippen LogP contribution in [0.3, 0.4) is 0 Å². The van der Waals surface area contributed by atoms with Gasteiger partial charge in [-0.25, -0.2) is 0 Å². The molecule has 2 aromatic carbocycles. The first-order chi connectivity index (χ1) is 8.15. The van der Waals surface area contributed by atoms with Gasteiger partial charge in [0.05, 0.1) is 0 Å². The molecule has 4 heteroatoms. The molecule has 17 heavy (non-hydrogen) atoms. The van der Waals surface area contributed by atoms with Crippen molar-refractivity contribution in [3.63, 3.8) is 0 Å². The Kier molecular flexibility index (Phi) is 3.92. The molecule has 2 rings (SSSR count). The number of phenols is 1. The monoisotopic (exact) mass is 311 g/mol. The molecule has 2 nitrogen and oxygen atoms in total. The van der Waals surface area contributed by atoms with Crippen LogP contribution in [0.5, 0.6) is 5.75 Å². The van der Waals surface area contributed by atoms with E-state index in [0.29, 0.717) is 11.6 Å². The fraction of sp³-hybridized carbons (Fsp3) is 0.0769. The summed E-state index contributed by atoms with van der Waals surface area (Å²) in [5.74, 6) is 0.279. The van der Waals surface area contributed by atoms with Crippen molar-refractivity contribution in [2.75, 3.05) is 5.32 Å². The molecule has 0 saturated carbocycles. The van der Waals surface area contributed by atoms with Gasteiger partial charge in [0.2, 0.25) is 0 Å². The maximum absolute atomic E-state index is 9.17. The van der Waals surface area contributed by atoms with Crippen LogP contribution in [0.15, 0.2) is 46.9 Å². The Morgan fingerprint density at radius 2 is 1.82 bits per heavy atom.